The highest BCUT2D eigenvalue weighted by molar-refractivity contribution is 5.71. The lowest BCUT2D eigenvalue weighted by Gasteiger charge is -2.24. The summed E-state index contributed by atoms with van der Waals surface area (Å²) >= 11 is 0. The number of ether oxygens (including phenoxy) is 2. The lowest BCUT2D eigenvalue weighted by Crippen LogP contribution is -2.37. The molecule has 1 aromatic heterocycles. The predicted octanol–water partition coefficient (Wildman–Crippen LogP) is 3.63. The molecule has 1 aliphatic rings. The smallest absolute Gasteiger partial charge is 0.161 e. The lowest BCUT2D eigenvalue weighted by atomic mass is 9.98. The first-order valence-electron chi connectivity index (χ1n) is 10.2. The van der Waals surface area contributed by atoms with Crippen LogP contribution in [0.4, 0.5) is 0 Å². The molecule has 0 aliphatic carbocycles. The fraction of sp³-hybridized carbons (Fsp3) is 0.391. The van der Waals surface area contributed by atoms with E-state index in [4.69, 9.17) is 9.47 Å². The second-order valence-electron chi connectivity index (χ2n) is 7.33. The summed E-state index contributed by atoms with van der Waals surface area (Å²) in [5.41, 5.74) is 3.51. The summed E-state index contributed by atoms with van der Waals surface area (Å²) in [7, 11) is 3.35. The summed E-state index contributed by atoms with van der Waals surface area (Å²) in [6, 6.07) is 14.9. The van der Waals surface area contributed by atoms with Crippen LogP contribution in [0.3, 0.4) is 0 Å². The fourth-order valence-corrected chi connectivity index (χ4v) is 3.89. The van der Waals surface area contributed by atoms with Gasteiger partial charge in [-0.25, -0.2) is 9.67 Å². The molecule has 0 fully saturated rings. The fourth-order valence-electron chi connectivity index (χ4n) is 3.89. The zero-order chi connectivity index (χ0) is 20.2. The van der Waals surface area contributed by atoms with E-state index in [2.05, 4.69) is 63.4 Å². The molecule has 2 heterocycles. The molecule has 6 heteroatoms. The average Bonchev–Trinajstić information content (AvgIpc) is 3.20. The molecule has 1 N–H and O–H groups in total. The van der Waals surface area contributed by atoms with Gasteiger partial charge in [0.2, 0.25) is 0 Å². The van der Waals surface area contributed by atoms with Crippen molar-refractivity contribution in [2.75, 3.05) is 14.2 Å². The lowest BCUT2D eigenvalue weighted by molar-refractivity contribution is 0.350. The summed E-state index contributed by atoms with van der Waals surface area (Å²) in [5, 5.41) is 8.34. The zero-order valence-electron chi connectivity index (χ0n) is 17.3. The maximum atomic E-state index is 5.55. The highest BCUT2D eigenvalue weighted by atomic mass is 16.5. The van der Waals surface area contributed by atoms with Crippen molar-refractivity contribution >= 4 is 0 Å². The van der Waals surface area contributed by atoms with Crippen LogP contribution in [0.25, 0.3) is 11.1 Å². The molecular weight excluding hydrogens is 364 g/mol. The van der Waals surface area contributed by atoms with Gasteiger partial charge < -0.3 is 14.8 Å². The Balaban J connectivity index is 1.56. The van der Waals surface area contributed by atoms with Crippen LogP contribution < -0.4 is 14.8 Å². The average molecular weight is 393 g/mol. The van der Waals surface area contributed by atoms with Gasteiger partial charge >= 0.3 is 0 Å². The monoisotopic (exact) mass is 392 g/mol. The SMILES string of the molecule is CCc1nc2n(n1)CC(NCc1cc(OC)c(OC)cc1-c1ccccc1)CC2. The molecule has 29 heavy (non-hydrogen) atoms. The number of methoxy groups -OCH3 is 2. The summed E-state index contributed by atoms with van der Waals surface area (Å²) in [6.45, 7) is 3.70. The van der Waals surface area contributed by atoms with Crippen molar-refractivity contribution in [3.63, 3.8) is 0 Å². The number of aryl methyl sites for hydroxylation is 2. The normalized spacial score (nSPS) is 15.8. The quantitative estimate of drug-likeness (QED) is 0.665. The van der Waals surface area contributed by atoms with Crippen molar-refractivity contribution in [2.24, 2.45) is 0 Å². The van der Waals surface area contributed by atoms with Gasteiger partial charge in [-0.15, -0.1) is 0 Å². The maximum absolute atomic E-state index is 5.55. The Bertz CT molecular complexity index is 969. The molecule has 2 aromatic carbocycles. The van der Waals surface area contributed by atoms with Gasteiger partial charge in [0.1, 0.15) is 5.82 Å². The summed E-state index contributed by atoms with van der Waals surface area (Å²) in [6.07, 6.45) is 2.90. The number of hydrogen-bond acceptors (Lipinski definition) is 5. The molecule has 3 aromatic rings. The topological polar surface area (TPSA) is 61.2 Å². The van der Waals surface area contributed by atoms with Crippen molar-refractivity contribution in [1.29, 1.82) is 0 Å². The molecule has 1 aliphatic heterocycles. The van der Waals surface area contributed by atoms with Crippen LogP contribution >= 0.6 is 0 Å². The van der Waals surface area contributed by atoms with Crippen LogP contribution in [0.5, 0.6) is 11.5 Å². The largest absolute Gasteiger partial charge is 0.493 e. The molecule has 0 radical (unpaired) electrons. The maximum Gasteiger partial charge on any atom is 0.161 e. The second kappa shape index (κ2) is 8.66. The van der Waals surface area contributed by atoms with Gasteiger partial charge in [-0.05, 0) is 35.2 Å². The molecule has 4 rings (SSSR count). The van der Waals surface area contributed by atoms with Gasteiger partial charge in [0, 0.05) is 25.4 Å². The minimum atomic E-state index is 0.366. The van der Waals surface area contributed by atoms with Crippen LogP contribution in [0, 0.1) is 0 Å². The van der Waals surface area contributed by atoms with Gasteiger partial charge in [-0.2, -0.15) is 5.10 Å². The number of rotatable bonds is 7. The van der Waals surface area contributed by atoms with E-state index < -0.39 is 0 Å². The molecule has 1 atom stereocenters. The number of fused-ring (bicyclic) bond motifs is 1. The van der Waals surface area contributed by atoms with Crippen LogP contribution in [-0.4, -0.2) is 35.0 Å². The Hall–Kier alpha value is -2.86. The van der Waals surface area contributed by atoms with E-state index in [1.807, 2.05) is 6.07 Å². The van der Waals surface area contributed by atoms with E-state index >= 15 is 0 Å². The number of nitrogens with zero attached hydrogens (tertiary/aromatic N) is 3. The second-order valence-corrected chi connectivity index (χ2v) is 7.33. The number of aromatic nitrogens is 3. The number of nitrogens with one attached hydrogen (secondary N) is 1. The summed E-state index contributed by atoms with van der Waals surface area (Å²) in [5.74, 6) is 3.54. The van der Waals surface area contributed by atoms with Gasteiger partial charge in [0.25, 0.3) is 0 Å². The highest BCUT2D eigenvalue weighted by Crippen LogP contribution is 2.35. The Morgan fingerprint density at radius 1 is 1.10 bits per heavy atom. The first-order chi connectivity index (χ1) is 14.2. The van der Waals surface area contributed by atoms with E-state index in [-0.39, 0.29) is 0 Å². The molecular formula is C23H28N4O2. The first kappa shape index (κ1) is 19.5. The molecule has 0 amide bonds. The van der Waals surface area contributed by atoms with Crippen molar-refractivity contribution in [3.05, 3.63) is 59.7 Å². The highest BCUT2D eigenvalue weighted by Gasteiger charge is 2.22. The van der Waals surface area contributed by atoms with Gasteiger partial charge in [0.05, 0.1) is 20.8 Å². The van der Waals surface area contributed by atoms with Crippen molar-refractivity contribution in [2.45, 2.75) is 45.3 Å². The van der Waals surface area contributed by atoms with Crippen molar-refractivity contribution in [3.8, 4) is 22.6 Å². The Morgan fingerprint density at radius 3 is 2.59 bits per heavy atom. The Labute approximate surface area is 171 Å². The van der Waals surface area contributed by atoms with Crippen molar-refractivity contribution < 1.29 is 9.47 Å². The summed E-state index contributed by atoms with van der Waals surface area (Å²) < 4.78 is 13.1. The Morgan fingerprint density at radius 2 is 1.86 bits per heavy atom. The number of hydrogen-bond donors (Lipinski definition) is 1. The molecule has 152 valence electrons. The van der Waals surface area contributed by atoms with E-state index in [0.717, 1.165) is 61.1 Å². The third-order valence-corrected chi connectivity index (χ3v) is 5.49. The third kappa shape index (κ3) is 4.12. The standard InChI is InChI=1S/C23H28N4O2/c1-4-22-25-23-11-10-18(15-27(23)26-22)24-14-17-12-20(28-2)21(29-3)13-19(17)16-8-6-5-7-9-16/h5-9,12-13,18,24H,4,10-11,14-15H2,1-3H3. The van der Waals surface area contributed by atoms with Crippen LogP contribution in [-0.2, 0) is 25.9 Å². The molecule has 0 saturated carbocycles. The predicted molar refractivity (Wildman–Crippen MR) is 113 cm³/mol. The van der Waals surface area contributed by atoms with E-state index in [1.54, 1.807) is 14.2 Å². The van der Waals surface area contributed by atoms with Crippen LogP contribution in [0.2, 0.25) is 0 Å². The number of benzene rings is 2. The van der Waals surface area contributed by atoms with Crippen LogP contribution in [0.1, 0.15) is 30.6 Å². The third-order valence-electron chi connectivity index (χ3n) is 5.49. The van der Waals surface area contributed by atoms with Gasteiger partial charge in [-0.3, -0.25) is 0 Å². The molecule has 0 saturated heterocycles. The van der Waals surface area contributed by atoms with E-state index in [1.165, 1.54) is 11.1 Å². The zero-order valence-corrected chi connectivity index (χ0v) is 17.3. The first-order valence-corrected chi connectivity index (χ1v) is 10.2. The van der Waals surface area contributed by atoms with Crippen LogP contribution in [0.15, 0.2) is 42.5 Å². The molecule has 1 unspecified atom stereocenters. The van der Waals surface area contributed by atoms with E-state index in [0.29, 0.717) is 6.04 Å². The van der Waals surface area contributed by atoms with Gasteiger partial charge in [0.15, 0.2) is 17.3 Å². The molecule has 0 bridgehead atoms. The van der Waals surface area contributed by atoms with Gasteiger partial charge in [-0.1, -0.05) is 37.3 Å². The minimum Gasteiger partial charge on any atom is -0.493 e. The summed E-state index contributed by atoms with van der Waals surface area (Å²) in [4.78, 5) is 4.61. The molecule has 0 spiro atoms. The van der Waals surface area contributed by atoms with Crippen molar-refractivity contribution in [1.82, 2.24) is 20.1 Å². The van der Waals surface area contributed by atoms with E-state index in [9.17, 15) is 0 Å². The minimum absolute atomic E-state index is 0.366. The Kier molecular flexibility index (Phi) is 5.81. The molecule has 6 nitrogen and oxygen atoms in total.